The molecule has 0 saturated carbocycles. The van der Waals surface area contributed by atoms with Crippen LogP contribution in [0.25, 0.3) is 0 Å². The molecule has 16 heavy (non-hydrogen) atoms. The van der Waals surface area contributed by atoms with Gasteiger partial charge in [0.1, 0.15) is 0 Å². The van der Waals surface area contributed by atoms with Crippen LogP contribution < -0.4 is 5.32 Å². The van der Waals surface area contributed by atoms with Gasteiger partial charge >= 0.3 is 0 Å². The zero-order valence-electron chi connectivity index (χ0n) is 8.66. The number of amides is 1. The fraction of sp³-hybridized carbons (Fsp3) is 0.0833. The summed E-state index contributed by atoms with van der Waals surface area (Å²) in [6.07, 6.45) is 0. The second kappa shape index (κ2) is 4.80. The third kappa shape index (κ3) is 2.33. The summed E-state index contributed by atoms with van der Waals surface area (Å²) in [5.41, 5.74) is 2.54. The highest BCUT2D eigenvalue weighted by molar-refractivity contribution is 9.10. The number of anilines is 1. The minimum atomic E-state index is -0.0642. The SMILES string of the molecule is Cc1cscc1C(=O)Nc1ccccc1Br. The van der Waals surface area contributed by atoms with Crippen LogP contribution in [0.5, 0.6) is 0 Å². The Kier molecular flexibility index (Phi) is 3.41. The van der Waals surface area contributed by atoms with Crippen LogP contribution in [0.4, 0.5) is 5.69 Å². The van der Waals surface area contributed by atoms with E-state index in [9.17, 15) is 4.79 Å². The van der Waals surface area contributed by atoms with Gasteiger partial charge in [-0.05, 0) is 45.9 Å². The van der Waals surface area contributed by atoms with Gasteiger partial charge < -0.3 is 5.32 Å². The summed E-state index contributed by atoms with van der Waals surface area (Å²) >= 11 is 4.93. The molecule has 0 radical (unpaired) electrons. The second-order valence-corrected chi connectivity index (χ2v) is 5.00. The minimum absolute atomic E-state index is 0.0642. The van der Waals surface area contributed by atoms with Crippen molar-refractivity contribution in [2.24, 2.45) is 0 Å². The Hall–Kier alpha value is -1.13. The molecule has 0 bridgehead atoms. The van der Waals surface area contributed by atoms with Crippen LogP contribution in [0.2, 0.25) is 0 Å². The molecule has 1 amide bonds. The molecule has 1 aromatic carbocycles. The molecular formula is C12H10BrNOS. The molecule has 1 N–H and O–H groups in total. The van der Waals surface area contributed by atoms with Gasteiger partial charge in [0.25, 0.3) is 5.91 Å². The summed E-state index contributed by atoms with van der Waals surface area (Å²) in [6.45, 7) is 1.94. The van der Waals surface area contributed by atoms with Crippen LogP contribution in [-0.4, -0.2) is 5.91 Å². The molecule has 1 heterocycles. The average Bonchev–Trinajstić information content (AvgIpc) is 2.68. The van der Waals surface area contributed by atoms with Crippen molar-refractivity contribution in [2.45, 2.75) is 6.92 Å². The summed E-state index contributed by atoms with van der Waals surface area (Å²) in [4.78, 5) is 11.9. The minimum Gasteiger partial charge on any atom is -0.321 e. The maximum atomic E-state index is 11.9. The van der Waals surface area contributed by atoms with Crippen molar-refractivity contribution < 1.29 is 4.79 Å². The van der Waals surface area contributed by atoms with E-state index in [1.165, 1.54) is 11.3 Å². The van der Waals surface area contributed by atoms with E-state index >= 15 is 0 Å². The number of hydrogen-bond acceptors (Lipinski definition) is 2. The predicted molar refractivity (Wildman–Crippen MR) is 71.2 cm³/mol. The third-order valence-corrected chi connectivity index (χ3v) is 3.78. The highest BCUT2D eigenvalue weighted by Crippen LogP contribution is 2.23. The lowest BCUT2D eigenvalue weighted by atomic mass is 10.2. The molecule has 0 aliphatic carbocycles. The molecule has 0 spiro atoms. The van der Waals surface area contributed by atoms with Gasteiger partial charge in [0.15, 0.2) is 0 Å². The van der Waals surface area contributed by atoms with Gasteiger partial charge in [0.05, 0.1) is 11.3 Å². The molecule has 4 heteroatoms. The predicted octanol–water partition coefficient (Wildman–Crippen LogP) is 4.07. The molecule has 0 aliphatic rings. The standard InChI is InChI=1S/C12H10BrNOS/c1-8-6-16-7-9(8)12(15)14-11-5-3-2-4-10(11)13/h2-7H,1H3,(H,14,15). The lowest BCUT2D eigenvalue weighted by molar-refractivity contribution is 0.102. The van der Waals surface area contributed by atoms with Crippen molar-refractivity contribution in [1.29, 1.82) is 0 Å². The van der Waals surface area contributed by atoms with Gasteiger partial charge in [0, 0.05) is 9.85 Å². The Labute approximate surface area is 106 Å². The van der Waals surface area contributed by atoms with Gasteiger partial charge in [-0.3, -0.25) is 4.79 Å². The number of aryl methyl sites for hydroxylation is 1. The topological polar surface area (TPSA) is 29.1 Å². The van der Waals surface area contributed by atoms with Gasteiger partial charge in [-0.1, -0.05) is 12.1 Å². The Balaban J connectivity index is 2.21. The molecule has 2 nitrogen and oxygen atoms in total. The van der Waals surface area contributed by atoms with E-state index in [4.69, 9.17) is 0 Å². The largest absolute Gasteiger partial charge is 0.321 e. The first kappa shape index (κ1) is 11.4. The molecule has 1 aromatic heterocycles. The van der Waals surface area contributed by atoms with Crippen LogP contribution in [-0.2, 0) is 0 Å². The zero-order valence-corrected chi connectivity index (χ0v) is 11.1. The Morgan fingerprint density at radius 3 is 2.69 bits per heavy atom. The van der Waals surface area contributed by atoms with E-state index in [-0.39, 0.29) is 5.91 Å². The lowest BCUT2D eigenvalue weighted by Crippen LogP contribution is -2.12. The van der Waals surface area contributed by atoms with E-state index in [2.05, 4.69) is 21.2 Å². The molecule has 0 aliphatic heterocycles. The number of benzene rings is 1. The van der Waals surface area contributed by atoms with Crippen LogP contribution in [0.15, 0.2) is 39.5 Å². The monoisotopic (exact) mass is 295 g/mol. The Bertz CT molecular complexity index is 521. The molecule has 0 unspecified atom stereocenters. The molecule has 0 atom stereocenters. The Morgan fingerprint density at radius 2 is 2.06 bits per heavy atom. The van der Waals surface area contributed by atoms with Crippen LogP contribution in [0.3, 0.4) is 0 Å². The van der Waals surface area contributed by atoms with Crippen molar-refractivity contribution >= 4 is 38.9 Å². The first-order valence-corrected chi connectivity index (χ1v) is 6.51. The molecule has 0 saturated heterocycles. The summed E-state index contributed by atoms with van der Waals surface area (Å²) in [7, 11) is 0. The lowest BCUT2D eigenvalue weighted by Gasteiger charge is -2.06. The number of halogens is 1. The van der Waals surface area contributed by atoms with Crippen LogP contribution >= 0.6 is 27.3 Å². The van der Waals surface area contributed by atoms with Gasteiger partial charge in [-0.2, -0.15) is 11.3 Å². The van der Waals surface area contributed by atoms with Crippen molar-refractivity contribution in [3.05, 3.63) is 50.6 Å². The van der Waals surface area contributed by atoms with Gasteiger partial charge in [-0.25, -0.2) is 0 Å². The summed E-state index contributed by atoms with van der Waals surface area (Å²) in [5.74, 6) is -0.0642. The third-order valence-electron chi connectivity index (χ3n) is 2.22. The number of carbonyl (C=O) groups excluding carboxylic acids is 1. The Morgan fingerprint density at radius 1 is 1.31 bits per heavy atom. The van der Waals surface area contributed by atoms with Gasteiger partial charge in [0.2, 0.25) is 0 Å². The van der Waals surface area contributed by atoms with Crippen molar-refractivity contribution in [3.8, 4) is 0 Å². The van der Waals surface area contributed by atoms with E-state index in [1.807, 2.05) is 41.9 Å². The molecule has 2 aromatic rings. The van der Waals surface area contributed by atoms with E-state index in [1.54, 1.807) is 0 Å². The van der Waals surface area contributed by atoms with Crippen molar-refractivity contribution in [1.82, 2.24) is 0 Å². The fourth-order valence-electron chi connectivity index (χ4n) is 1.35. The van der Waals surface area contributed by atoms with Crippen molar-refractivity contribution in [2.75, 3.05) is 5.32 Å². The normalized spacial score (nSPS) is 10.1. The molecule has 0 fully saturated rings. The number of thiophene rings is 1. The number of para-hydroxylation sites is 1. The number of rotatable bonds is 2. The first-order valence-electron chi connectivity index (χ1n) is 4.77. The number of nitrogens with one attached hydrogen (secondary N) is 1. The number of carbonyl (C=O) groups is 1. The van der Waals surface area contributed by atoms with Crippen LogP contribution in [0, 0.1) is 6.92 Å². The van der Waals surface area contributed by atoms with Gasteiger partial charge in [-0.15, -0.1) is 0 Å². The first-order chi connectivity index (χ1) is 7.68. The van der Waals surface area contributed by atoms with E-state index < -0.39 is 0 Å². The summed E-state index contributed by atoms with van der Waals surface area (Å²) in [6, 6.07) is 7.57. The quantitative estimate of drug-likeness (QED) is 0.889. The molecule has 82 valence electrons. The highest BCUT2D eigenvalue weighted by atomic mass is 79.9. The van der Waals surface area contributed by atoms with E-state index in [0.29, 0.717) is 0 Å². The summed E-state index contributed by atoms with van der Waals surface area (Å²) < 4.78 is 0.885. The van der Waals surface area contributed by atoms with Crippen molar-refractivity contribution in [3.63, 3.8) is 0 Å². The van der Waals surface area contributed by atoms with E-state index in [0.717, 1.165) is 21.3 Å². The molecule has 2 rings (SSSR count). The second-order valence-electron chi connectivity index (χ2n) is 3.40. The highest BCUT2D eigenvalue weighted by Gasteiger charge is 2.10. The smallest absolute Gasteiger partial charge is 0.256 e. The number of hydrogen-bond donors (Lipinski definition) is 1. The van der Waals surface area contributed by atoms with Crippen LogP contribution in [0.1, 0.15) is 15.9 Å². The fourth-order valence-corrected chi connectivity index (χ4v) is 2.56. The molecular weight excluding hydrogens is 286 g/mol. The zero-order chi connectivity index (χ0) is 11.5. The summed E-state index contributed by atoms with van der Waals surface area (Å²) in [5, 5.41) is 6.70. The maximum Gasteiger partial charge on any atom is 0.256 e. The maximum absolute atomic E-state index is 11.9. The average molecular weight is 296 g/mol.